The van der Waals surface area contributed by atoms with Gasteiger partial charge in [-0.2, -0.15) is 0 Å². The van der Waals surface area contributed by atoms with Gasteiger partial charge in [0.1, 0.15) is 18.5 Å². The molecular weight excluding hydrogens is 351 g/mol. The molecule has 1 fully saturated rings. The smallest absolute Gasteiger partial charge is 0.245 e. The summed E-state index contributed by atoms with van der Waals surface area (Å²) in [6.45, 7) is 3.76. The van der Waals surface area contributed by atoms with Crippen molar-refractivity contribution in [2.45, 2.75) is 45.1 Å². The summed E-state index contributed by atoms with van der Waals surface area (Å²) in [5.74, 6) is -0.340. The lowest BCUT2D eigenvalue weighted by Gasteiger charge is -2.28. The molecule has 2 amide bonds. The predicted octanol–water partition coefficient (Wildman–Crippen LogP) is 2.79. The van der Waals surface area contributed by atoms with E-state index in [4.69, 9.17) is 9.47 Å². The Morgan fingerprint density at radius 3 is 2.70 bits per heavy atom. The summed E-state index contributed by atoms with van der Waals surface area (Å²) in [6.07, 6.45) is 3.39. The SMILES string of the molecule is CC.CNC(=O)/C=C\N(C=O)C1CCC(CF)(COCc2ccccc2)O1. The molecule has 7 heteroatoms. The Bertz CT molecular complexity index is 597. The van der Waals surface area contributed by atoms with Gasteiger partial charge in [-0.3, -0.25) is 14.5 Å². The first-order chi connectivity index (χ1) is 13.1. The number of likely N-dealkylation sites (N-methyl/N-ethyl adjacent to an activating group) is 1. The quantitative estimate of drug-likeness (QED) is 0.528. The van der Waals surface area contributed by atoms with Crippen LogP contribution in [-0.2, 0) is 25.7 Å². The van der Waals surface area contributed by atoms with Gasteiger partial charge in [0.05, 0.1) is 13.2 Å². The number of amides is 2. The first-order valence-corrected chi connectivity index (χ1v) is 9.10. The van der Waals surface area contributed by atoms with Crippen molar-refractivity contribution < 1.29 is 23.5 Å². The number of hydrogen-bond donors (Lipinski definition) is 1. The monoisotopic (exact) mass is 380 g/mol. The Morgan fingerprint density at radius 2 is 2.11 bits per heavy atom. The number of halogens is 1. The van der Waals surface area contributed by atoms with E-state index in [9.17, 15) is 14.0 Å². The van der Waals surface area contributed by atoms with Gasteiger partial charge in [-0.25, -0.2) is 4.39 Å². The number of rotatable bonds is 9. The number of nitrogens with one attached hydrogen (secondary N) is 1. The van der Waals surface area contributed by atoms with Crippen LogP contribution < -0.4 is 5.32 Å². The van der Waals surface area contributed by atoms with Crippen LogP contribution in [0.1, 0.15) is 32.3 Å². The van der Waals surface area contributed by atoms with Crippen LogP contribution in [0.5, 0.6) is 0 Å². The van der Waals surface area contributed by atoms with Gasteiger partial charge >= 0.3 is 0 Å². The van der Waals surface area contributed by atoms with E-state index in [1.807, 2.05) is 44.2 Å². The molecule has 2 unspecified atom stereocenters. The van der Waals surface area contributed by atoms with Gasteiger partial charge in [0, 0.05) is 19.3 Å². The highest BCUT2D eigenvalue weighted by Crippen LogP contribution is 2.33. The molecule has 150 valence electrons. The second-order valence-corrected chi connectivity index (χ2v) is 5.89. The normalized spacial score (nSPS) is 21.4. The van der Waals surface area contributed by atoms with Crippen molar-refractivity contribution in [1.29, 1.82) is 0 Å². The fourth-order valence-corrected chi connectivity index (χ4v) is 2.61. The Labute approximate surface area is 160 Å². The zero-order chi connectivity index (χ0) is 20.1. The number of alkyl halides is 1. The first-order valence-electron chi connectivity index (χ1n) is 9.10. The van der Waals surface area contributed by atoms with Crippen molar-refractivity contribution in [1.82, 2.24) is 10.2 Å². The Hall–Kier alpha value is -2.25. The zero-order valence-electron chi connectivity index (χ0n) is 16.2. The highest BCUT2D eigenvalue weighted by molar-refractivity contribution is 5.87. The lowest BCUT2D eigenvalue weighted by molar-refractivity contribution is -0.148. The maximum atomic E-state index is 13.6. The molecule has 1 aromatic rings. The van der Waals surface area contributed by atoms with Gasteiger partial charge in [0.25, 0.3) is 0 Å². The lowest BCUT2D eigenvalue weighted by Crippen LogP contribution is -2.40. The van der Waals surface area contributed by atoms with E-state index in [0.29, 0.717) is 25.9 Å². The largest absolute Gasteiger partial charge is 0.374 e. The molecule has 0 bridgehead atoms. The van der Waals surface area contributed by atoms with Gasteiger partial charge < -0.3 is 14.8 Å². The van der Waals surface area contributed by atoms with Crippen LogP contribution in [0.2, 0.25) is 0 Å². The van der Waals surface area contributed by atoms with E-state index in [0.717, 1.165) is 5.56 Å². The molecule has 1 N–H and O–H groups in total. The van der Waals surface area contributed by atoms with Gasteiger partial charge in [0.2, 0.25) is 12.3 Å². The average Bonchev–Trinajstić information content (AvgIpc) is 3.15. The number of hydrogen-bond acceptors (Lipinski definition) is 4. The van der Waals surface area contributed by atoms with E-state index >= 15 is 0 Å². The Kier molecular flexibility index (Phi) is 10.3. The molecule has 1 aliphatic rings. The van der Waals surface area contributed by atoms with Crippen LogP contribution in [0.4, 0.5) is 4.39 Å². The molecule has 0 spiro atoms. The molecule has 27 heavy (non-hydrogen) atoms. The highest BCUT2D eigenvalue weighted by Gasteiger charge is 2.42. The summed E-state index contributed by atoms with van der Waals surface area (Å²) >= 11 is 0. The van der Waals surface area contributed by atoms with Crippen LogP contribution in [-0.4, -0.2) is 49.4 Å². The highest BCUT2D eigenvalue weighted by atomic mass is 19.1. The average molecular weight is 380 g/mol. The molecule has 6 nitrogen and oxygen atoms in total. The molecule has 2 rings (SSSR count). The minimum Gasteiger partial charge on any atom is -0.374 e. The maximum Gasteiger partial charge on any atom is 0.245 e. The summed E-state index contributed by atoms with van der Waals surface area (Å²) in [5, 5.41) is 2.42. The van der Waals surface area contributed by atoms with Gasteiger partial charge in [-0.1, -0.05) is 44.2 Å². The van der Waals surface area contributed by atoms with Crippen molar-refractivity contribution in [3.63, 3.8) is 0 Å². The van der Waals surface area contributed by atoms with Gasteiger partial charge in [0.15, 0.2) is 0 Å². The molecule has 1 saturated heterocycles. The summed E-state index contributed by atoms with van der Waals surface area (Å²) in [5.41, 5.74) is -0.0734. The number of carbonyl (C=O) groups is 2. The standard InChI is InChI=1S/C18H23FN2O4.C2H6/c1-20-16(23)8-10-21(14-22)17-7-9-18(12-19,25-17)13-24-11-15-5-3-2-4-6-15;1-2/h2-6,8,10,14,17H,7,9,11-13H2,1H3,(H,20,23);1-2H3/b10-8-;. The number of carbonyl (C=O) groups excluding carboxylic acids is 2. The van der Waals surface area contributed by atoms with Crippen LogP contribution in [0, 0.1) is 0 Å². The van der Waals surface area contributed by atoms with Crippen molar-refractivity contribution >= 4 is 12.3 Å². The fraction of sp³-hybridized carbons (Fsp3) is 0.500. The van der Waals surface area contributed by atoms with E-state index in [1.165, 1.54) is 24.2 Å². The summed E-state index contributed by atoms with van der Waals surface area (Å²) in [6, 6.07) is 9.59. The predicted molar refractivity (Wildman–Crippen MR) is 101 cm³/mol. The zero-order valence-corrected chi connectivity index (χ0v) is 16.2. The van der Waals surface area contributed by atoms with Gasteiger partial charge in [-0.05, 0) is 18.4 Å². The minimum atomic E-state index is -1.07. The second-order valence-electron chi connectivity index (χ2n) is 5.89. The second kappa shape index (κ2) is 12.2. The molecule has 1 heterocycles. The third kappa shape index (κ3) is 7.11. The topological polar surface area (TPSA) is 67.9 Å². The molecule has 1 aromatic carbocycles. The summed E-state index contributed by atoms with van der Waals surface area (Å²) in [7, 11) is 1.49. The maximum absolute atomic E-state index is 13.6. The van der Waals surface area contributed by atoms with Crippen molar-refractivity contribution in [2.75, 3.05) is 20.3 Å². The number of benzene rings is 1. The van der Waals surface area contributed by atoms with E-state index < -0.39 is 18.5 Å². The minimum absolute atomic E-state index is 0.0980. The van der Waals surface area contributed by atoms with Crippen molar-refractivity contribution in [2.24, 2.45) is 0 Å². The third-order valence-corrected chi connectivity index (χ3v) is 4.05. The van der Waals surface area contributed by atoms with Crippen LogP contribution in [0.3, 0.4) is 0 Å². The molecular formula is C20H29FN2O4. The first kappa shape index (κ1) is 22.8. The molecule has 1 aliphatic heterocycles. The van der Waals surface area contributed by atoms with Gasteiger partial charge in [-0.15, -0.1) is 0 Å². The van der Waals surface area contributed by atoms with Crippen LogP contribution in [0.15, 0.2) is 42.6 Å². The number of ether oxygens (including phenoxy) is 2. The third-order valence-electron chi connectivity index (χ3n) is 4.05. The molecule has 0 saturated carbocycles. The Balaban J connectivity index is 0.00000176. The van der Waals surface area contributed by atoms with E-state index in [1.54, 1.807) is 0 Å². The molecule has 0 aromatic heterocycles. The van der Waals surface area contributed by atoms with Crippen LogP contribution in [0.25, 0.3) is 0 Å². The van der Waals surface area contributed by atoms with E-state index in [2.05, 4.69) is 5.32 Å². The van der Waals surface area contributed by atoms with E-state index in [-0.39, 0.29) is 12.5 Å². The van der Waals surface area contributed by atoms with Crippen molar-refractivity contribution in [3.8, 4) is 0 Å². The van der Waals surface area contributed by atoms with Crippen molar-refractivity contribution in [3.05, 3.63) is 48.2 Å². The molecule has 2 atom stereocenters. The summed E-state index contributed by atoms with van der Waals surface area (Å²) < 4.78 is 25.0. The van der Waals surface area contributed by atoms with Crippen LogP contribution >= 0.6 is 0 Å². The molecule has 0 aliphatic carbocycles. The number of nitrogens with zero attached hydrogens (tertiary/aromatic N) is 1. The molecule has 0 radical (unpaired) electrons. The Morgan fingerprint density at radius 1 is 1.41 bits per heavy atom. The summed E-state index contributed by atoms with van der Waals surface area (Å²) in [4.78, 5) is 23.7. The lowest BCUT2D eigenvalue weighted by atomic mass is 10.0. The fourth-order valence-electron chi connectivity index (χ4n) is 2.61.